The van der Waals surface area contributed by atoms with Crippen LogP contribution >= 0.6 is 0 Å². The van der Waals surface area contributed by atoms with E-state index in [0.717, 1.165) is 25.0 Å². The van der Waals surface area contributed by atoms with Crippen molar-refractivity contribution in [2.45, 2.75) is 32.2 Å². The summed E-state index contributed by atoms with van der Waals surface area (Å²) in [4.78, 5) is 16.5. The molecule has 2 heterocycles. The number of carbonyl (C=O) groups excluding carboxylic acids is 1. The van der Waals surface area contributed by atoms with Crippen molar-refractivity contribution >= 4 is 5.97 Å². The van der Waals surface area contributed by atoms with Gasteiger partial charge in [0.05, 0.1) is 6.61 Å². The van der Waals surface area contributed by atoms with Gasteiger partial charge in [0.1, 0.15) is 0 Å². The quantitative estimate of drug-likeness (QED) is 0.570. The lowest BCUT2D eigenvalue weighted by atomic mass is 9.84. The van der Waals surface area contributed by atoms with Gasteiger partial charge in [0.2, 0.25) is 0 Å². The van der Waals surface area contributed by atoms with Gasteiger partial charge in [-0.1, -0.05) is 6.58 Å². The van der Waals surface area contributed by atoms with Gasteiger partial charge in [-0.15, -0.1) is 0 Å². The minimum atomic E-state index is -0.245. The van der Waals surface area contributed by atoms with E-state index in [1.54, 1.807) is 0 Å². The molecule has 2 aliphatic heterocycles. The summed E-state index contributed by atoms with van der Waals surface area (Å²) in [5, 5.41) is 0. The summed E-state index contributed by atoms with van der Waals surface area (Å²) in [5.74, 6) is 0.507. The van der Waals surface area contributed by atoms with Gasteiger partial charge in [0.15, 0.2) is 0 Å². The van der Waals surface area contributed by atoms with Gasteiger partial charge in [-0.05, 0) is 45.7 Å². The highest BCUT2D eigenvalue weighted by molar-refractivity contribution is 5.88. The molecule has 0 bridgehead atoms. The van der Waals surface area contributed by atoms with Crippen LogP contribution in [0.4, 0.5) is 0 Å². The first kappa shape index (κ1) is 14.5. The third kappa shape index (κ3) is 3.57. The van der Waals surface area contributed by atoms with Crippen molar-refractivity contribution < 1.29 is 9.53 Å². The first-order chi connectivity index (χ1) is 9.11. The number of ether oxygens (including phenoxy) is 1. The molecule has 2 aliphatic rings. The smallest absolute Gasteiger partial charge is 0.334 e. The van der Waals surface area contributed by atoms with Gasteiger partial charge in [-0.2, -0.15) is 0 Å². The van der Waals surface area contributed by atoms with E-state index in [-0.39, 0.29) is 5.97 Å². The summed E-state index contributed by atoms with van der Waals surface area (Å²) in [6, 6.07) is 0.737. The van der Waals surface area contributed by atoms with Gasteiger partial charge < -0.3 is 9.64 Å². The molecular weight excluding hydrogens is 240 g/mol. The van der Waals surface area contributed by atoms with Crippen molar-refractivity contribution in [3.63, 3.8) is 0 Å². The van der Waals surface area contributed by atoms with Crippen molar-refractivity contribution in [3.05, 3.63) is 12.2 Å². The number of esters is 1. The molecule has 0 saturated carbocycles. The highest BCUT2D eigenvalue weighted by Gasteiger charge is 2.34. The monoisotopic (exact) mass is 266 g/mol. The maximum atomic E-state index is 11.6. The maximum absolute atomic E-state index is 11.6. The van der Waals surface area contributed by atoms with Crippen molar-refractivity contribution in [3.8, 4) is 0 Å². The summed E-state index contributed by atoms with van der Waals surface area (Å²) in [6.07, 6.45) is 3.82. The van der Waals surface area contributed by atoms with Crippen molar-refractivity contribution in [2.24, 2.45) is 5.92 Å². The average Bonchev–Trinajstić information content (AvgIpc) is 2.39. The van der Waals surface area contributed by atoms with Gasteiger partial charge in [0.25, 0.3) is 0 Å². The molecule has 0 radical (unpaired) electrons. The molecule has 108 valence electrons. The molecule has 4 nitrogen and oxygen atoms in total. The molecule has 2 fully saturated rings. The lowest BCUT2D eigenvalue weighted by Crippen LogP contribution is -2.53. The van der Waals surface area contributed by atoms with Crippen LogP contribution in [0.3, 0.4) is 0 Å². The van der Waals surface area contributed by atoms with Gasteiger partial charge >= 0.3 is 5.97 Å². The van der Waals surface area contributed by atoms with Crippen molar-refractivity contribution in [2.75, 3.05) is 39.8 Å². The lowest BCUT2D eigenvalue weighted by Gasteiger charge is -2.46. The molecule has 19 heavy (non-hydrogen) atoms. The van der Waals surface area contributed by atoms with Crippen LogP contribution in [0, 0.1) is 5.92 Å². The summed E-state index contributed by atoms with van der Waals surface area (Å²) in [5.41, 5.74) is 0.587. The summed E-state index contributed by atoms with van der Waals surface area (Å²) in [6.45, 7) is 10.2. The Balaban J connectivity index is 1.84. The lowest BCUT2D eigenvalue weighted by molar-refractivity contribution is -0.138. The molecular formula is C15H26N2O2. The summed E-state index contributed by atoms with van der Waals surface area (Å²) >= 11 is 0. The van der Waals surface area contributed by atoms with E-state index in [2.05, 4.69) is 23.4 Å². The fourth-order valence-electron chi connectivity index (χ4n) is 3.44. The van der Waals surface area contributed by atoms with Crippen LogP contribution in [0.2, 0.25) is 0 Å². The first-order valence-corrected chi connectivity index (χ1v) is 7.39. The van der Waals surface area contributed by atoms with Crippen LogP contribution in [0.25, 0.3) is 0 Å². The predicted octanol–water partition coefficient (Wildman–Crippen LogP) is 1.52. The Kier molecular flexibility index (Phi) is 4.99. The molecule has 0 aromatic rings. The Labute approximate surface area is 116 Å². The van der Waals surface area contributed by atoms with E-state index in [0.29, 0.717) is 18.7 Å². The molecule has 2 rings (SSSR count). The minimum Gasteiger partial charge on any atom is -0.463 e. The van der Waals surface area contributed by atoms with Crippen LogP contribution in [0.15, 0.2) is 12.2 Å². The molecule has 0 aromatic carbocycles. The molecule has 4 heteroatoms. The number of hydrogen-bond acceptors (Lipinski definition) is 4. The number of carbonyl (C=O) groups is 1. The number of hydrogen-bond donors (Lipinski definition) is 0. The Hall–Kier alpha value is -0.870. The second-order valence-electron chi connectivity index (χ2n) is 5.80. The SMILES string of the molecule is C=C(CN1CCC2C(CCCN2C)C1)C(=O)OCC. The van der Waals surface area contributed by atoms with Crippen molar-refractivity contribution in [1.82, 2.24) is 9.80 Å². The Morgan fingerprint density at radius 3 is 2.89 bits per heavy atom. The fourth-order valence-corrected chi connectivity index (χ4v) is 3.44. The first-order valence-electron chi connectivity index (χ1n) is 7.39. The minimum absolute atomic E-state index is 0.245. The van der Waals surface area contributed by atoms with E-state index in [1.165, 1.54) is 25.8 Å². The standard InChI is InChI=1S/C15H26N2O2/c1-4-19-15(18)12(2)10-17-9-7-14-13(11-17)6-5-8-16(14)3/h13-14H,2,4-11H2,1,3H3. The van der Waals surface area contributed by atoms with Gasteiger partial charge in [0, 0.05) is 31.2 Å². The van der Waals surface area contributed by atoms with Gasteiger partial charge in [-0.25, -0.2) is 4.79 Å². The Morgan fingerprint density at radius 1 is 1.37 bits per heavy atom. The van der Waals surface area contributed by atoms with Crippen LogP contribution in [0.1, 0.15) is 26.2 Å². The predicted molar refractivity (Wildman–Crippen MR) is 76.0 cm³/mol. The van der Waals surface area contributed by atoms with E-state index in [9.17, 15) is 4.79 Å². The number of nitrogens with zero attached hydrogens (tertiary/aromatic N) is 2. The van der Waals surface area contributed by atoms with Crippen LogP contribution in [-0.4, -0.2) is 61.6 Å². The van der Waals surface area contributed by atoms with E-state index in [1.807, 2.05) is 6.92 Å². The number of rotatable bonds is 4. The van der Waals surface area contributed by atoms with Crippen LogP contribution in [0.5, 0.6) is 0 Å². The van der Waals surface area contributed by atoms with E-state index < -0.39 is 0 Å². The largest absolute Gasteiger partial charge is 0.463 e. The van der Waals surface area contributed by atoms with E-state index in [4.69, 9.17) is 4.74 Å². The fraction of sp³-hybridized carbons (Fsp3) is 0.800. The molecule has 0 N–H and O–H groups in total. The maximum Gasteiger partial charge on any atom is 0.334 e. The third-order valence-electron chi connectivity index (χ3n) is 4.41. The number of fused-ring (bicyclic) bond motifs is 1. The highest BCUT2D eigenvalue weighted by Crippen LogP contribution is 2.29. The van der Waals surface area contributed by atoms with Crippen molar-refractivity contribution in [1.29, 1.82) is 0 Å². The molecule has 0 aliphatic carbocycles. The molecule has 2 atom stereocenters. The summed E-state index contributed by atoms with van der Waals surface area (Å²) < 4.78 is 5.00. The Bertz CT molecular complexity index is 343. The third-order valence-corrected chi connectivity index (χ3v) is 4.41. The average molecular weight is 266 g/mol. The highest BCUT2D eigenvalue weighted by atomic mass is 16.5. The number of likely N-dealkylation sites (tertiary alicyclic amines) is 2. The topological polar surface area (TPSA) is 32.8 Å². The van der Waals surface area contributed by atoms with Crippen LogP contribution < -0.4 is 0 Å². The molecule has 2 saturated heterocycles. The summed E-state index contributed by atoms with van der Waals surface area (Å²) in [7, 11) is 2.24. The van der Waals surface area contributed by atoms with Crippen LogP contribution in [-0.2, 0) is 9.53 Å². The number of piperidine rings is 2. The molecule has 0 spiro atoms. The molecule has 0 aromatic heterocycles. The second-order valence-corrected chi connectivity index (χ2v) is 5.80. The zero-order chi connectivity index (χ0) is 13.8. The zero-order valence-electron chi connectivity index (χ0n) is 12.2. The van der Waals surface area contributed by atoms with Gasteiger partial charge in [-0.3, -0.25) is 4.90 Å². The Morgan fingerprint density at radius 2 is 2.16 bits per heavy atom. The second kappa shape index (κ2) is 6.53. The molecule has 0 amide bonds. The zero-order valence-corrected chi connectivity index (χ0v) is 12.2. The van der Waals surface area contributed by atoms with E-state index >= 15 is 0 Å². The normalized spacial score (nSPS) is 28.7. The molecule has 2 unspecified atom stereocenters.